The molecular formula is C17H14F3N5O2. The Morgan fingerprint density at radius 1 is 1.15 bits per heavy atom. The summed E-state index contributed by atoms with van der Waals surface area (Å²) in [5.41, 5.74) is 5.04. The van der Waals surface area contributed by atoms with Gasteiger partial charge in [-0.05, 0) is 18.2 Å². The van der Waals surface area contributed by atoms with Crippen molar-refractivity contribution in [3.63, 3.8) is 0 Å². The molecule has 0 aliphatic rings. The topological polar surface area (TPSA) is 103 Å². The number of methoxy groups -OCH3 is 1. The maximum atomic E-state index is 12.7. The van der Waals surface area contributed by atoms with Crippen molar-refractivity contribution in [2.45, 2.75) is 12.7 Å². The van der Waals surface area contributed by atoms with Gasteiger partial charge in [0.1, 0.15) is 22.7 Å². The maximum Gasteiger partial charge on any atom is 0.433 e. The minimum Gasteiger partial charge on any atom is -0.494 e. The fourth-order valence-electron chi connectivity index (χ4n) is 2.47. The van der Waals surface area contributed by atoms with E-state index in [4.69, 9.17) is 10.5 Å². The number of benzene rings is 1. The Labute approximate surface area is 151 Å². The molecule has 2 aromatic heterocycles. The van der Waals surface area contributed by atoms with E-state index in [-0.39, 0.29) is 23.9 Å². The number of carbonyl (C=O) groups excluding carboxylic acids is 1. The highest BCUT2D eigenvalue weighted by Gasteiger charge is 2.32. The van der Waals surface area contributed by atoms with Crippen LogP contribution in [0, 0.1) is 0 Å². The molecule has 3 N–H and O–H groups in total. The third-order valence-electron chi connectivity index (χ3n) is 3.67. The molecule has 1 aromatic carbocycles. The van der Waals surface area contributed by atoms with Gasteiger partial charge in [0.15, 0.2) is 0 Å². The van der Waals surface area contributed by atoms with Gasteiger partial charge < -0.3 is 15.8 Å². The molecule has 2 heterocycles. The number of hydrogen-bond acceptors (Lipinski definition) is 6. The number of fused-ring (bicyclic) bond motifs is 1. The molecule has 0 atom stereocenters. The van der Waals surface area contributed by atoms with E-state index in [1.165, 1.54) is 19.2 Å². The van der Waals surface area contributed by atoms with Crippen molar-refractivity contribution in [2.75, 3.05) is 12.8 Å². The summed E-state index contributed by atoms with van der Waals surface area (Å²) in [6, 6.07) is 8.39. The zero-order valence-electron chi connectivity index (χ0n) is 14.0. The first kappa shape index (κ1) is 18.4. The molecule has 0 saturated carbocycles. The molecule has 0 radical (unpaired) electrons. The molecule has 0 spiro atoms. The lowest BCUT2D eigenvalue weighted by molar-refractivity contribution is -0.141. The summed E-state index contributed by atoms with van der Waals surface area (Å²) in [5.74, 6) is -0.342. The van der Waals surface area contributed by atoms with E-state index in [0.29, 0.717) is 16.7 Å². The fraction of sp³-hybridized carbons (Fsp3) is 0.176. The second-order valence-corrected chi connectivity index (χ2v) is 5.48. The summed E-state index contributed by atoms with van der Waals surface area (Å²) in [4.78, 5) is 24.0. The first-order valence-electron chi connectivity index (χ1n) is 7.71. The van der Waals surface area contributed by atoms with Gasteiger partial charge in [0, 0.05) is 5.39 Å². The van der Waals surface area contributed by atoms with Crippen LogP contribution in [0.1, 0.15) is 21.9 Å². The molecule has 0 bridgehead atoms. The fourth-order valence-corrected chi connectivity index (χ4v) is 2.47. The van der Waals surface area contributed by atoms with Gasteiger partial charge in [0.05, 0.1) is 19.3 Å². The molecule has 0 aliphatic heterocycles. The van der Waals surface area contributed by atoms with Crippen molar-refractivity contribution in [2.24, 2.45) is 0 Å². The Morgan fingerprint density at radius 2 is 1.89 bits per heavy atom. The first-order valence-corrected chi connectivity index (χ1v) is 7.71. The molecular weight excluding hydrogens is 363 g/mol. The lowest BCUT2D eigenvalue weighted by atomic mass is 10.1. The summed E-state index contributed by atoms with van der Waals surface area (Å²) in [6.45, 7) is -0.210. The number of halogens is 3. The quantitative estimate of drug-likeness (QED) is 0.724. The van der Waals surface area contributed by atoms with Gasteiger partial charge in [0.25, 0.3) is 5.91 Å². The van der Waals surface area contributed by atoms with Crippen molar-refractivity contribution in [1.29, 1.82) is 0 Å². The highest BCUT2D eigenvalue weighted by atomic mass is 19.4. The van der Waals surface area contributed by atoms with E-state index in [1.807, 2.05) is 0 Å². The Kier molecular flexibility index (Phi) is 4.80. The zero-order valence-corrected chi connectivity index (χ0v) is 14.0. The number of alkyl halides is 3. The minimum absolute atomic E-state index is 0.0108. The molecule has 140 valence electrons. The molecule has 7 nitrogen and oxygen atoms in total. The number of nitrogens with one attached hydrogen (secondary N) is 1. The summed E-state index contributed by atoms with van der Waals surface area (Å²) < 4.78 is 43.4. The highest BCUT2D eigenvalue weighted by Crippen LogP contribution is 2.28. The minimum atomic E-state index is -4.56. The third-order valence-corrected chi connectivity index (χ3v) is 3.67. The number of para-hydroxylation sites is 1. The number of nitrogens with zero attached hydrogens (tertiary/aromatic N) is 3. The molecule has 0 unspecified atom stereocenters. The van der Waals surface area contributed by atoms with Crippen LogP contribution in [0.2, 0.25) is 0 Å². The second-order valence-electron chi connectivity index (χ2n) is 5.48. The van der Waals surface area contributed by atoms with E-state index in [9.17, 15) is 18.0 Å². The molecule has 0 saturated heterocycles. The van der Waals surface area contributed by atoms with Crippen LogP contribution >= 0.6 is 0 Å². The number of ether oxygens (including phenoxy) is 1. The average Bonchev–Trinajstić information content (AvgIpc) is 2.64. The Bertz CT molecular complexity index is 1010. The molecule has 1 amide bonds. The van der Waals surface area contributed by atoms with Gasteiger partial charge in [-0.2, -0.15) is 13.2 Å². The van der Waals surface area contributed by atoms with Crippen molar-refractivity contribution in [3.8, 4) is 5.75 Å². The van der Waals surface area contributed by atoms with Crippen molar-refractivity contribution in [3.05, 3.63) is 53.5 Å². The third kappa shape index (κ3) is 3.89. The average molecular weight is 377 g/mol. The number of hydrogen-bond donors (Lipinski definition) is 2. The Hall–Kier alpha value is -3.43. The van der Waals surface area contributed by atoms with Gasteiger partial charge >= 0.3 is 6.18 Å². The Morgan fingerprint density at radius 3 is 2.59 bits per heavy atom. The monoisotopic (exact) mass is 377 g/mol. The Balaban J connectivity index is 1.87. The SMILES string of the molecule is COc1cccc2c(C(=O)NCc3cccc(C(F)(F)F)n3)nc(N)nc12. The predicted octanol–water partition coefficient (Wildman–Crippen LogP) is 2.56. The smallest absolute Gasteiger partial charge is 0.433 e. The van der Waals surface area contributed by atoms with Crippen LogP contribution < -0.4 is 15.8 Å². The summed E-state index contributed by atoms with van der Waals surface area (Å²) in [6.07, 6.45) is -4.56. The number of aromatic nitrogens is 3. The zero-order chi connectivity index (χ0) is 19.6. The summed E-state index contributed by atoms with van der Waals surface area (Å²) in [7, 11) is 1.45. The van der Waals surface area contributed by atoms with Crippen LogP contribution in [0.25, 0.3) is 10.9 Å². The lowest BCUT2D eigenvalue weighted by Gasteiger charge is -2.11. The lowest BCUT2D eigenvalue weighted by Crippen LogP contribution is -2.25. The molecule has 3 aromatic rings. The van der Waals surface area contributed by atoms with Crippen LogP contribution in [0.5, 0.6) is 5.75 Å². The molecule has 0 fully saturated rings. The number of nitrogens with two attached hydrogens (primary N) is 1. The van der Waals surface area contributed by atoms with E-state index in [0.717, 1.165) is 6.07 Å². The van der Waals surface area contributed by atoms with E-state index in [1.54, 1.807) is 18.2 Å². The maximum absolute atomic E-state index is 12.7. The van der Waals surface area contributed by atoms with Crippen molar-refractivity contribution >= 4 is 22.8 Å². The van der Waals surface area contributed by atoms with Crippen LogP contribution in [0.4, 0.5) is 19.1 Å². The summed E-state index contributed by atoms with van der Waals surface area (Å²) in [5, 5.41) is 2.90. The second kappa shape index (κ2) is 7.06. The van der Waals surface area contributed by atoms with Crippen molar-refractivity contribution in [1.82, 2.24) is 20.3 Å². The number of amides is 1. The first-order chi connectivity index (χ1) is 12.8. The number of carbonyl (C=O) groups is 1. The van der Waals surface area contributed by atoms with Crippen LogP contribution in [-0.4, -0.2) is 28.0 Å². The predicted molar refractivity (Wildman–Crippen MR) is 90.9 cm³/mol. The number of anilines is 1. The van der Waals surface area contributed by atoms with Gasteiger partial charge in [0.2, 0.25) is 5.95 Å². The normalized spacial score (nSPS) is 11.4. The van der Waals surface area contributed by atoms with Gasteiger partial charge in [-0.3, -0.25) is 4.79 Å². The highest BCUT2D eigenvalue weighted by molar-refractivity contribution is 6.05. The summed E-state index contributed by atoms with van der Waals surface area (Å²) >= 11 is 0. The standard InChI is InChI=1S/C17H14F3N5O2/c1-27-11-6-3-5-10-13(11)24-16(21)25-14(10)15(26)22-8-9-4-2-7-12(23-9)17(18,19)20/h2-7H,8H2,1H3,(H,22,26)(H2,21,24,25). The number of pyridine rings is 1. The van der Waals surface area contributed by atoms with Crippen LogP contribution in [-0.2, 0) is 12.7 Å². The van der Waals surface area contributed by atoms with Crippen molar-refractivity contribution < 1.29 is 22.7 Å². The number of rotatable bonds is 4. The van der Waals surface area contributed by atoms with Crippen LogP contribution in [0.15, 0.2) is 36.4 Å². The van der Waals surface area contributed by atoms with E-state index >= 15 is 0 Å². The van der Waals surface area contributed by atoms with E-state index < -0.39 is 17.8 Å². The molecule has 3 rings (SSSR count). The van der Waals surface area contributed by atoms with Gasteiger partial charge in [-0.25, -0.2) is 15.0 Å². The molecule has 10 heteroatoms. The largest absolute Gasteiger partial charge is 0.494 e. The van der Waals surface area contributed by atoms with Gasteiger partial charge in [-0.1, -0.05) is 18.2 Å². The molecule has 27 heavy (non-hydrogen) atoms. The molecule has 0 aliphatic carbocycles. The van der Waals surface area contributed by atoms with Crippen LogP contribution in [0.3, 0.4) is 0 Å². The van der Waals surface area contributed by atoms with E-state index in [2.05, 4.69) is 20.3 Å². The number of nitrogen functional groups attached to an aromatic ring is 1. The van der Waals surface area contributed by atoms with Gasteiger partial charge in [-0.15, -0.1) is 0 Å².